The van der Waals surface area contributed by atoms with Crippen LogP contribution < -0.4 is 0 Å². The molecule has 1 N–H and O–H groups in total. The van der Waals surface area contributed by atoms with Gasteiger partial charge in [0.05, 0.1) is 6.61 Å². The first-order chi connectivity index (χ1) is 5.72. The average Bonchev–Trinajstić information content (AvgIpc) is 2.05. The van der Waals surface area contributed by atoms with Crippen LogP contribution in [0.25, 0.3) is 0 Å². The lowest BCUT2D eigenvalue weighted by Gasteiger charge is -1.98. The molecule has 0 fully saturated rings. The number of benzene rings is 1. The summed E-state index contributed by atoms with van der Waals surface area (Å²) < 4.78 is 0. The first kappa shape index (κ1) is 9.23. The highest BCUT2D eigenvalue weighted by molar-refractivity contribution is 6.63. The number of aliphatic hydroxyl groups excluding tert-OH is 1. The lowest BCUT2D eigenvalue weighted by Crippen LogP contribution is -1.93. The van der Waals surface area contributed by atoms with Gasteiger partial charge in [-0.05, 0) is 22.7 Å². The van der Waals surface area contributed by atoms with Gasteiger partial charge >= 0.3 is 0 Å². The number of aliphatic hydroxyl groups is 1. The average molecular weight is 185 g/mol. The monoisotopic (exact) mass is 184 g/mol. The van der Waals surface area contributed by atoms with E-state index < -0.39 is 0 Å². The van der Waals surface area contributed by atoms with E-state index in [0.29, 0.717) is 0 Å². The van der Waals surface area contributed by atoms with Crippen LogP contribution >= 0.6 is 11.6 Å². The summed E-state index contributed by atoms with van der Waals surface area (Å²) in [5.74, 6) is 0. The van der Waals surface area contributed by atoms with E-state index in [-0.39, 0.29) is 18.3 Å². The van der Waals surface area contributed by atoms with Crippen molar-refractivity contribution < 1.29 is 9.90 Å². The van der Waals surface area contributed by atoms with E-state index in [0.717, 1.165) is 11.1 Å². The minimum atomic E-state index is -0.369. The lowest BCUT2D eigenvalue weighted by molar-refractivity contribution is -0.111. The third-order valence-electron chi connectivity index (χ3n) is 1.55. The fraction of sp³-hybridized carbons (Fsp3) is 0.222. The second-order valence-corrected chi connectivity index (χ2v) is 2.93. The van der Waals surface area contributed by atoms with Crippen LogP contribution in [0, 0.1) is 0 Å². The molecule has 0 spiro atoms. The third-order valence-corrected chi connectivity index (χ3v) is 1.68. The molecule has 0 aliphatic carbocycles. The molecular formula is C9H9ClO2. The van der Waals surface area contributed by atoms with E-state index in [2.05, 4.69) is 0 Å². The molecule has 0 aromatic heterocycles. The quantitative estimate of drug-likeness (QED) is 0.723. The van der Waals surface area contributed by atoms with Crippen molar-refractivity contribution in [1.82, 2.24) is 0 Å². The van der Waals surface area contributed by atoms with E-state index >= 15 is 0 Å². The lowest BCUT2D eigenvalue weighted by atomic mass is 10.1. The van der Waals surface area contributed by atoms with Gasteiger partial charge in [0.1, 0.15) is 0 Å². The van der Waals surface area contributed by atoms with Crippen molar-refractivity contribution in [2.75, 3.05) is 0 Å². The van der Waals surface area contributed by atoms with Gasteiger partial charge in [0.2, 0.25) is 5.24 Å². The molecule has 64 valence electrons. The predicted octanol–water partition coefficient (Wildman–Crippen LogP) is 1.49. The Morgan fingerprint density at radius 1 is 1.25 bits per heavy atom. The van der Waals surface area contributed by atoms with Crippen LogP contribution in [0.5, 0.6) is 0 Å². The Balaban J connectivity index is 2.71. The van der Waals surface area contributed by atoms with E-state index in [1.807, 2.05) is 0 Å². The van der Waals surface area contributed by atoms with Gasteiger partial charge in [0, 0.05) is 6.42 Å². The summed E-state index contributed by atoms with van der Waals surface area (Å²) in [6.07, 6.45) is 0.243. The Morgan fingerprint density at radius 2 is 1.75 bits per heavy atom. The van der Waals surface area contributed by atoms with Crippen molar-refractivity contribution in [2.24, 2.45) is 0 Å². The number of carbonyl (C=O) groups excluding carboxylic acids is 1. The van der Waals surface area contributed by atoms with Crippen molar-refractivity contribution in [2.45, 2.75) is 13.0 Å². The van der Waals surface area contributed by atoms with Gasteiger partial charge in [-0.3, -0.25) is 4.79 Å². The van der Waals surface area contributed by atoms with Gasteiger partial charge in [-0.1, -0.05) is 24.3 Å². The number of hydrogen-bond donors (Lipinski definition) is 1. The Morgan fingerprint density at radius 3 is 2.17 bits per heavy atom. The Bertz CT molecular complexity index is 266. The number of halogens is 1. The van der Waals surface area contributed by atoms with Crippen LogP contribution in [0.1, 0.15) is 11.1 Å². The Labute approximate surface area is 75.8 Å². The summed E-state index contributed by atoms with van der Waals surface area (Å²) in [5, 5.41) is 8.35. The molecule has 0 unspecified atom stereocenters. The molecule has 3 heteroatoms. The molecule has 0 radical (unpaired) electrons. The van der Waals surface area contributed by atoms with Crippen LogP contribution in [0.15, 0.2) is 24.3 Å². The second kappa shape index (κ2) is 4.24. The number of rotatable bonds is 3. The standard InChI is InChI=1S/C9H9ClO2/c10-9(12)5-7-1-3-8(6-11)4-2-7/h1-4,11H,5-6H2. The highest BCUT2D eigenvalue weighted by Gasteiger charge is 1.98. The molecule has 0 aliphatic rings. The molecule has 1 aromatic carbocycles. The van der Waals surface area contributed by atoms with E-state index in [9.17, 15) is 4.79 Å². The van der Waals surface area contributed by atoms with E-state index in [1.165, 1.54) is 0 Å². The summed E-state index contributed by atoms with van der Waals surface area (Å²) in [6.45, 7) is 0.0229. The minimum absolute atomic E-state index is 0.0229. The Hall–Kier alpha value is -0.860. The maximum atomic E-state index is 10.5. The zero-order valence-electron chi connectivity index (χ0n) is 6.46. The Kier molecular flexibility index (Phi) is 3.26. The molecule has 0 saturated heterocycles. The van der Waals surface area contributed by atoms with Crippen LogP contribution in [0.2, 0.25) is 0 Å². The molecule has 0 aliphatic heterocycles. The molecule has 0 atom stereocenters. The zero-order chi connectivity index (χ0) is 8.97. The van der Waals surface area contributed by atoms with Crippen molar-refractivity contribution >= 4 is 16.8 Å². The van der Waals surface area contributed by atoms with Crippen molar-refractivity contribution in [1.29, 1.82) is 0 Å². The highest BCUT2D eigenvalue weighted by Crippen LogP contribution is 2.06. The van der Waals surface area contributed by atoms with E-state index in [4.69, 9.17) is 16.7 Å². The second-order valence-electron chi connectivity index (χ2n) is 2.51. The van der Waals surface area contributed by atoms with Gasteiger partial charge in [0.15, 0.2) is 0 Å². The largest absolute Gasteiger partial charge is 0.392 e. The predicted molar refractivity (Wildman–Crippen MR) is 46.9 cm³/mol. The fourth-order valence-electron chi connectivity index (χ4n) is 0.923. The molecule has 0 amide bonds. The molecule has 0 bridgehead atoms. The molecular weight excluding hydrogens is 176 g/mol. The molecule has 0 heterocycles. The third kappa shape index (κ3) is 2.64. The summed E-state index contributed by atoms with van der Waals surface area (Å²) in [6, 6.07) is 7.11. The maximum Gasteiger partial charge on any atom is 0.226 e. The highest BCUT2D eigenvalue weighted by atomic mass is 35.5. The van der Waals surface area contributed by atoms with Crippen LogP contribution in [-0.2, 0) is 17.8 Å². The zero-order valence-corrected chi connectivity index (χ0v) is 7.21. The van der Waals surface area contributed by atoms with Gasteiger partial charge < -0.3 is 5.11 Å². The number of hydrogen-bond acceptors (Lipinski definition) is 2. The van der Waals surface area contributed by atoms with Gasteiger partial charge in [-0.15, -0.1) is 0 Å². The molecule has 12 heavy (non-hydrogen) atoms. The fourth-order valence-corrected chi connectivity index (χ4v) is 1.08. The van der Waals surface area contributed by atoms with Crippen LogP contribution in [-0.4, -0.2) is 10.3 Å². The van der Waals surface area contributed by atoms with Gasteiger partial charge in [0.25, 0.3) is 0 Å². The first-order valence-electron chi connectivity index (χ1n) is 3.59. The van der Waals surface area contributed by atoms with Crippen LogP contribution in [0.4, 0.5) is 0 Å². The summed E-state index contributed by atoms with van der Waals surface area (Å²) in [4.78, 5) is 10.5. The van der Waals surface area contributed by atoms with Crippen molar-refractivity contribution in [3.05, 3.63) is 35.4 Å². The molecule has 2 nitrogen and oxygen atoms in total. The summed E-state index contributed by atoms with van der Waals surface area (Å²) >= 11 is 5.20. The smallest absolute Gasteiger partial charge is 0.226 e. The SMILES string of the molecule is O=C(Cl)Cc1ccc(CO)cc1. The maximum absolute atomic E-state index is 10.5. The molecule has 1 rings (SSSR count). The van der Waals surface area contributed by atoms with Gasteiger partial charge in [-0.25, -0.2) is 0 Å². The number of carbonyl (C=O) groups is 1. The normalized spacial score (nSPS) is 9.83. The summed E-state index contributed by atoms with van der Waals surface area (Å²) in [5.41, 5.74) is 1.70. The van der Waals surface area contributed by atoms with Crippen LogP contribution in [0.3, 0.4) is 0 Å². The van der Waals surface area contributed by atoms with E-state index in [1.54, 1.807) is 24.3 Å². The molecule has 0 saturated carbocycles. The van der Waals surface area contributed by atoms with Crippen molar-refractivity contribution in [3.8, 4) is 0 Å². The topological polar surface area (TPSA) is 37.3 Å². The minimum Gasteiger partial charge on any atom is -0.392 e. The first-order valence-corrected chi connectivity index (χ1v) is 3.97. The van der Waals surface area contributed by atoms with Crippen molar-refractivity contribution in [3.63, 3.8) is 0 Å². The summed E-state index contributed by atoms with van der Waals surface area (Å²) in [7, 11) is 0. The van der Waals surface area contributed by atoms with Gasteiger partial charge in [-0.2, -0.15) is 0 Å². The molecule has 1 aromatic rings.